The SMILES string of the molecule is FC1=C(N(c2ccccc2)c2ccc3ccc4c(N(c5ccccc5)c5ccccc5F)ccc5ccc2c3c54)C=CCC1. The largest absolute Gasteiger partial charge is 0.307 e. The number of allylic oxidation sites excluding steroid dienone is 3. The molecule has 0 unspecified atom stereocenters. The molecule has 0 fully saturated rings. The van der Waals surface area contributed by atoms with Gasteiger partial charge in [0.1, 0.15) is 11.6 Å². The minimum Gasteiger partial charge on any atom is -0.307 e. The van der Waals surface area contributed by atoms with E-state index in [1.54, 1.807) is 6.07 Å². The van der Waals surface area contributed by atoms with Gasteiger partial charge in [0.2, 0.25) is 0 Å². The fourth-order valence-electron chi connectivity index (χ4n) is 6.58. The maximum atomic E-state index is 15.5. The number of nitrogens with zero attached hydrogens (tertiary/aromatic N) is 2. The summed E-state index contributed by atoms with van der Waals surface area (Å²) in [6, 6.07) is 43.7. The Labute approximate surface area is 254 Å². The third-order valence-corrected chi connectivity index (χ3v) is 8.55. The molecule has 0 spiro atoms. The van der Waals surface area contributed by atoms with Crippen LogP contribution in [0.25, 0.3) is 32.3 Å². The van der Waals surface area contributed by atoms with Crippen LogP contribution in [0.4, 0.5) is 37.2 Å². The molecule has 4 heteroatoms. The van der Waals surface area contributed by atoms with Gasteiger partial charge in [0, 0.05) is 28.6 Å². The standard InChI is InChI=1S/C40H28F2N2/c41-33-15-7-9-17-37(33)43(29-11-3-1-4-12-29)35-25-21-27-20-24-32-36(26-22-28-19-23-31(35)39(27)40(28)32)44(30-13-5-2-6-14-30)38-18-10-8-16-34(38)42/h1-7,9-15,17-26H,8,16H2. The van der Waals surface area contributed by atoms with Gasteiger partial charge in [-0.3, -0.25) is 0 Å². The molecule has 0 aromatic heterocycles. The molecule has 0 heterocycles. The predicted molar refractivity (Wildman–Crippen MR) is 180 cm³/mol. The summed E-state index contributed by atoms with van der Waals surface area (Å²) in [6.45, 7) is 0. The summed E-state index contributed by atoms with van der Waals surface area (Å²) >= 11 is 0. The van der Waals surface area contributed by atoms with Crippen LogP contribution in [0.2, 0.25) is 0 Å². The van der Waals surface area contributed by atoms with Crippen LogP contribution in [-0.2, 0) is 0 Å². The molecule has 7 aromatic rings. The molecular weight excluding hydrogens is 546 g/mol. The fraction of sp³-hybridized carbons (Fsp3) is 0.0500. The van der Waals surface area contributed by atoms with Gasteiger partial charge in [-0.1, -0.05) is 91.0 Å². The number of halogens is 2. The Kier molecular flexibility index (Phi) is 6.34. The predicted octanol–water partition coefficient (Wildman–Crippen LogP) is 11.9. The van der Waals surface area contributed by atoms with Crippen LogP contribution < -0.4 is 9.80 Å². The summed E-state index contributed by atoms with van der Waals surface area (Å²) in [5, 5.41) is 6.42. The monoisotopic (exact) mass is 574 g/mol. The van der Waals surface area contributed by atoms with E-state index < -0.39 is 0 Å². The molecule has 7 aromatic carbocycles. The third kappa shape index (κ3) is 4.22. The molecule has 0 bridgehead atoms. The van der Waals surface area contributed by atoms with Gasteiger partial charge in [-0.2, -0.15) is 0 Å². The van der Waals surface area contributed by atoms with Crippen molar-refractivity contribution in [3.63, 3.8) is 0 Å². The second-order valence-electron chi connectivity index (χ2n) is 11.1. The number of hydrogen-bond donors (Lipinski definition) is 0. The summed E-state index contributed by atoms with van der Waals surface area (Å²) in [4.78, 5) is 4.03. The van der Waals surface area contributed by atoms with Gasteiger partial charge < -0.3 is 9.80 Å². The lowest BCUT2D eigenvalue weighted by atomic mass is 9.91. The van der Waals surface area contributed by atoms with E-state index in [4.69, 9.17) is 0 Å². The van der Waals surface area contributed by atoms with Crippen LogP contribution in [0, 0.1) is 5.82 Å². The summed E-state index contributed by atoms with van der Waals surface area (Å²) in [6.07, 6.45) is 5.01. The first-order valence-electron chi connectivity index (χ1n) is 14.9. The van der Waals surface area contributed by atoms with Crippen LogP contribution >= 0.6 is 0 Å². The molecule has 0 atom stereocenters. The Hall–Kier alpha value is -5.48. The number of rotatable bonds is 6. The first-order chi connectivity index (χ1) is 21.7. The highest BCUT2D eigenvalue weighted by molar-refractivity contribution is 6.28. The lowest BCUT2D eigenvalue weighted by Crippen LogP contribution is -2.18. The highest BCUT2D eigenvalue weighted by Gasteiger charge is 2.24. The van der Waals surface area contributed by atoms with E-state index >= 15 is 8.78 Å². The molecule has 1 aliphatic carbocycles. The zero-order valence-electron chi connectivity index (χ0n) is 23.9. The number of anilines is 5. The Morgan fingerprint density at radius 1 is 0.477 bits per heavy atom. The van der Waals surface area contributed by atoms with E-state index in [0.29, 0.717) is 24.2 Å². The minimum atomic E-state index is -0.293. The number of benzene rings is 7. The normalized spacial score (nSPS) is 13.3. The lowest BCUT2D eigenvalue weighted by molar-refractivity contribution is 0.575. The van der Waals surface area contributed by atoms with E-state index in [2.05, 4.69) is 48.5 Å². The molecule has 212 valence electrons. The average Bonchev–Trinajstić information content (AvgIpc) is 3.07. The quantitative estimate of drug-likeness (QED) is 0.182. The number of hydrogen-bond acceptors (Lipinski definition) is 2. The summed E-state index contributed by atoms with van der Waals surface area (Å²) in [5.41, 5.74) is 4.61. The van der Waals surface area contributed by atoms with Gasteiger partial charge in [0.15, 0.2) is 0 Å². The highest BCUT2D eigenvalue weighted by Crippen LogP contribution is 2.47. The Morgan fingerprint density at radius 3 is 1.59 bits per heavy atom. The molecule has 0 radical (unpaired) electrons. The smallest absolute Gasteiger partial charge is 0.147 e. The van der Waals surface area contributed by atoms with Crippen LogP contribution in [0.15, 0.2) is 157 Å². The maximum Gasteiger partial charge on any atom is 0.147 e. The van der Waals surface area contributed by atoms with Crippen molar-refractivity contribution in [1.29, 1.82) is 0 Å². The second-order valence-corrected chi connectivity index (χ2v) is 11.1. The van der Waals surface area contributed by atoms with Crippen molar-refractivity contribution in [3.05, 3.63) is 163 Å². The minimum absolute atomic E-state index is 0.118. The zero-order valence-corrected chi connectivity index (χ0v) is 23.9. The van der Waals surface area contributed by atoms with Crippen molar-refractivity contribution >= 4 is 60.8 Å². The fourth-order valence-corrected chi connectivity index (χ4v) is 6.58. The molecule has 0 N–H and O–H groups in total. The van der Waals surface area contributed by atoms with E-state index in [-0.39, 0.29) is 11.6 Å². The maximum absolute atomic E-state index is 15.5. The van der Waals surface area contributed by atoms with E-state index in [1.807, 2.05) is 94.7 Å². The highest BCUT2D eigenvalue weighted by atomic mass is 19.1. The van der Waals surface area contributed by atoms with Crippen LogP contribution in [0.5, 0.6) is 0 Å². The zero-order chi connectivity index (χ0) is 29.6. The Balaban J connectivity index is 1.42. The van der Waals surface area contributed by atoms with E-state index in [0.717, 1.165) is 55.1 Å². The Morgan fingerprint density at radius 2 is 1.00 bits per heavy atom. The summed E-state index contributed by atoms with van der Waals surface area (Å²) < 4.78 is 30.9. The van der Waals surface area contributed by atoms with E-state index in [1.165, 1.54) is 6.07 Å². The van der Waals surface area contributed by atoms with Gasteiger partial charge in [0.25, 0.3) is 0 Å². The van der Waals surface area contributed by atoms with Gasteiger partial charge >= 0.3 is 0 Å². The Bertz CT molecular complexity index is 2200. The van der Waals surface area contributed by atoms with Gasteiger partial charge in [-0.25, -0.2) is 8.78 Å². The molecule has 8 rings (SSSR count). The molecule has 0 saturated carbocycles. The molecule has 0 saturated heterocycles. The third-order valence-electron chi connectivity index (χ3n) is 8.55. The van der Waals surface area contributed by atoms with Gasteiger partial charge in [0.05, 0.1) is 22.8 Å². The van der Waals surface area contributed by atoms with Crippen molar-refractivity contribution in [2.75, 3.05) is 9.80 Å². The van der Waals surface area contributed by atoms with Crippen molar-refractivity contribution < 1.29 is 8.78 Å². The molecule has 1 aliphatic rings. The lowest BCUT2D eigenvalue weighted by Gasteiger charge is -2.30. The van der Waals surface area contributed by atoms with Crippen molar-refractivity contribution in [2.24, 2.45) is 0 Å². The van der Waals surface area contributed by atoms with Gasteiger partial charge in [-0.05, 0) is 82.6 Å². The molecule has 0 aliphatic heterocycles. The summed E-state index contributed by atoms with van der Waals surface area (Å²) in [5.74, 6) is -0.411. The van der Waals surface area contributed by atoms with Crippen molar-refractivity contribution in [3.8, 4) is 0 Å². The van der Waals surface area contributed by atoms with Crippen LogP contribution in [0.3, 0.4) is 0 Å². The average molecular weight is 575 g/mol. The topological polar surface area (TPSA) is 6.48 Å². The first kappa shape index (κ1) is 26.2. The van der Waals surface area contributed by atoms with E-state index in [9.17, 15) is 0 Å². The van der Waals surface area contributed by atoms with Crippen molar-refractivity contribution in [1.82, 2.24) is 0 Å². The first-order valence-corrected chi connectivity index (χ1v) is 14.9. The molecular formula is C40H28F2N2. The van der Waals surface area contributed by atoms with Crippen LogP contribution in [0.1, 0.15) is 12.8 Å². The molecule has 0 amide bonds. The molecule has 2 nitrogen and oxygen atoms in total. The number of para-hydroxylation sites is 3. The van der Waals surface area contributed by atoms with Crippen LogP contribution in [-0.4, -0.2) is 0 Å². The molecule has 44 heavy (non-hydrogen) atoms. The van der Waals surface area contributed by atoms with Gasteiger partial charge in [-0.15, -0.1) is 0 Å². The second kappa shape index (κ2) is 10.7. The van der Waals surface area contributed by atoms with Crippen molar-refractivity contribution in [2.45, 2.75) is 12.8 Å². The summed E-state index contributed by atoms with van der Waals surface area (Å²) in [7, 11) is 0.